The highest BCUT2D eigenvalue weighted by molar-refractivity contribution is 7.80. The molecule has 0 radical (unpaired) electrons. The van der Waals surface area contributed by atoms with E-state index < -0.39 is 10.9 Å². The Morgan fingerprint density at radius 2 is 1.83 bits per heavy atom. The second-order valence-corrected chi connectivity index (χ2v) is 5.06. The number of benzene rings is 2. The van der Waals surface area contributed by atoms with Crippen LogP contribution in [0.2, 0.25) is 0 Å². The molecule has 2 rings (SSSR count). The molecule has 0 saturated carbocycles. The summed E-state index contributed by atoms with van der Waals surface area (Å²) in [6.45, 7) is 2.05. The Morgan fingerprint density at radius 3 is 2.46 bits per heavy atom. The quantitative estimate of drug-likeness (QED) is 0.370. The second kappa shape index (κ2) is 8.02. The molecule has 0 aromatic heterocycles. The number of nitro benzene ring substituents is 1. The maximum Gasteiger partial charge on any atom is 0.338 e. The van der Waals surface area contributed by atoms with Gasteiger partial charge in [0.25, 0.3) is 5.69 Å². The first-order valence-corrected chi connectivity index (χ1v) is 7.50. The first kappa shape index (κ1) is 17.4. The van der Waals surface area contributed by atoms with Gasteiger partial charge in [0.1, 0.15) is 5.69 Å². The van der Waals surface area contributed by atoms with E-state index >= 15 is 0 Å². The van der Waals surface area contributed by atoms with Gasteiger partial charge >= 0.3 is 5.97 Å². The predicted molar refractivity (Wildman–Crippen MR) is 95.3 cm³/mol. The minimum atomic E-state index is -0.487. The molecule has 124 valence electrons. The lowest BCUT2D eigenvalue weighted by Crippen LogP contribution is -2.19. The molecule has 24 heavy (non-hydrogen) atoms. The van der Waals surface area contributed by atoms with Gasteiger partial charge in [0.05, 0.1) is 17.1 Å². The van der Waals surface area contributed by atoms with Gasteiger partial charge in [-0.05, 0) is 49.5 Å². The third-order valence-electron chi connectivity index (χ3n) is 3.00. The fourth-order valence-electron chi connectivity index (χ4n) is 1.93. The van der Waals surface area contributed by atoms with Crippen LogP contribution in [0.5, 0.6) is 0 Å². The number of anilines is 2. The molecule has 0 aliphatic heterocycles. The number of esters is 1. The molecule has 2 aromatic rings. The number of para-hydroxylation sites is 2. The number of carbonyl (C=O) groups is 1. The summed E-state index contributed by atoms with van der Waals surface area (Å²) in [5, 5.41) is 16.9. The monoisotopic (exact) mass is 345 g/mol. The molecule has 0 amide bonds. The fraction of sp³-hybridized carbons (Fsp3) is 0.125. The van der Waals surface area contributed by atoms with Crippen LogP contribution in [-0.2, 0) is 4.74 Å². The molecule has 0 saturated heterocycles. The number of hydrogen-bond donors (Lipinski definition) is 2. The standard InChI is InChI=1S/C16H15N3O4S/c1-2-23-15(20)11-7-9-12(10-8-11)17-16(24)18-13-5-3-4-6-14(13)19(21)22/h3-10H,2H2,1H3,(H2,17,18,24). The van der Waals surface area contributed by atoms with Crippen LogP contribution in [0.1, 0.15) is 17.3 Å². The van der Waals surface area contributed by atoms with Gasteiger partial charge in [-0.25, -0.2) is 4.79 Å². The van der Waals surface area contributed by atoms with E-state index in [2.05, 4.69) is 10.6 Å². The molecule has 0 spiro atoms. The molecular weight excluding hydrogens is 330 g/mol. The van der Waals surface area contributed by atoms with Gasteiger partial charge in [-0.15, -0.1) is 0 Å². The van der Waals surface area contributed by atoms with Crippen molar-refractivity contribution in [2.24, 2.45) is 0 Å². The van der Waals surface area contributed by atoms with Gasteiger partial charge in [-0.3, -0.25) is 10.1 Å². The van der Waals surface area contributed by atoms with Gasteiger partial charge in [0.15, 0.2) is 5.11 Å². The SMILES string of the molecule is CCOC(=O)c1ccc(NC(=S)Nc2ccccc2[N+](=O)[O-])cc1. The lowest BCUT2D eigenvalue weighted by molar-refractivity contribution is -0.383. The Kier molecular flexibility index (Phi) is 5.80. The molecule has 0 heterocycles. The molecule has 0 fully saturated rings. The van der Waals surface area contributed by atoms with E-state index in [-0.39, 0.29) is 10.8 Å². The van der Waals surface area contributed by atoms with Gasteiger partial charge < -0.3 is 15.4 Å². The minimum Gasteiger partial charge on any atom is -0.462 e. The normalized spacial score (nSPS) is 9.88. The number of nitro groups is 1. The van der Waals surface area contributed by atoms with Crippen LogP contribution in [0.25, 0.3) is 0 Å². The summed E-state index contributed by atoms with van der Waals surface area (Å²) < 4.78 is 4.90. The van der Waals surface area contributed by atoms with Crippen molar-refractivity contribution in [3.05, 3.63) is 64.2 Å². The first-order valence-electron chi connectivity index (χ1n) is 7.10. The van der Waals surface area contributed by atoms with Gasteiger partial charge in [-0.1, -0.05) is 12.1 Å². The van der Waals surface area contributed by atoms with Crippen molar-refractivity contribution < 1.29 is 14.5 Å². The predicted octanol–water partition coefficient (Wildman–Crippen LogP) is 3.58. The van der Waals surface area contributed by atoms with E-state index in [0.29, 0.717) is 23.5 Å². The van der Waals surface area contributed by atoms with Crippen molar-refractivity contribution in [3.63, 3.8) is 0 Å². The smallest absolute Gasteiger partial charge is 0.338 e. The van der Waals surface area contributed by atoms with Crippen molar-refractivity contribution in [2.45, 2.75) is 6.92 Å². The topological polar surface area (TPSA) is 93.5 Å². The van der Waals surface area contributed by atoms with E-state index in [1.54, 1.807) is 49.4 Å². The molecule has 0 bridgehead atoms. The maximum atomic E-state index is 11.6. The largest absolute Gasteiger partial charge is 0.462 e. The van der Waals surface area contributed by atoms with Crippen LogP contribution in [0, 0.1) is 10.1 Å². The third-order valence-corrected chi connectivity index (χ3v) is 3.21. The third kappa shape index (κ3) is 4.50. The van der Waals surface area contributed by atoms with E-state index in [1.807, 2.05) is 0 Å². The minimum absolute atomic E-state index is 0.0701. The number of rotatable bonds is 5. The molecule has 2 aromatic carbocycles. The molecular formula is C16H15N3O4S. The zero-order chi connectivity index (χ0) is 17.5. The van der Waals surface area contributed by atoms with Crippen LogP contribution < -0.4 is 10.6 Å². The number of thiocarbonyl (C=S) groups is 1. The van der Waals surface area contributed by atoms with Gasteiger partial charge in [-0.2, -0.15) is 0 Å². The molecule has 8 heteroatoms. The average Bonchev–Trinajstić information content (AvgIpc) is 2.56. The molecule has 0 aliphatic carbocycles. The van der Waals surface area contributed by atoms with Crippen molar-refractivity contribution in [2.75, 3.05) is 17.2 Å². The molecule has 0 atom stereocenters. The Bertz CT molecular complexity index is 762. The Labute approximate surface area is 143 Å². The van der Waals surface area contributed by atoms with E-state index in [1.165, 1.54) is 6.07 Å². The molecule has 0 aliphatic rings. The summed E-state index contributed by atoms with van der Waals surface area (Å²) in [4.78, 5) is 22.1. The van der Waals surface area contributed by atoms with Crippen LogP contribution in [0.15, 0.2) is 48.5 Å². The highest BCUT2D eigenvalue weighted by atomic mass is 32.1. The first-order chi connectivity index (χ1) is 11.5. The fourth-order valence-corrected chi connectivity index (χ4v) is 2.16. The number of ether oxygens (including phenoxy) is 1. The van der Waals surface area contributed by atoms with Gasteiger partial charge in [0, 0.05) is 11.8 Å². The summed E-state index contributed by atoms with van der Waals surface area (Å²) in [5.74, 6) is -0.398. The lowest BCUT2D eigenvalue weighted by atomic mass is 10.2. The van der Waals surface area contributed by atoms with Crippen LogP contribution >= 0.6 is 12.2 Å². The highest BCUT2D eigenvalue weighted by Crippen LogP contribution is 2.23. The summed E-state index contributed by atoms with van der Waals surface area (Å²) in [5.41, 5.74) is 1.29. The van der Waals surface area contributed by atoms with Crippen LogP contribution in [-0.4, -0.2) is 22.6 Å². The highest BCUT2D eigenvalue weighted by Gasteiger charge is 2.13. The van der Waals surface area contributed by atoms with Crippen molar-refractivity contribution in [1.82, 2.24) is 0 Å². The summed E-state index contributed by atoms with van der Waals surface area (Å²) >= 11 is 5.15. The van der Waals surface area contributed by atoms with E-state index in [0.717, 1.165) is 0 Å². The Hall–Kier alpha value is -3.00. The lowest BCUT2D eigenvalue weighted by Gasteiger charge is -2.11. The van der Waals surface area contributed by atoms with Crippen molar-refractivity contribution in [3.8, 4) is 0 Å². The Morgan fingerprint density at radius 1 is 1.17 bits per heavy atom. The molecule has 7 nitrogen and oxygen atoms in total. The number of nitrogens with zero attached hydrogens (tertiary/aromatic N) is 1. The van der Waals surface area contributed by atoms with Crippen LogP contribution in [0.3, 0.4) is 0 Å². The zero-order valence-electron chi connectivity index (χ0n) is 12.8. The Balaban J connectivity index is 2.03. The van der Waals surface area contributed by atoms with Gasteiger partial charge in [0.2, 0.25) is 0 Å². The summed E-state index contributed by atoms with van der Waals surface area (Å²) in [6.07, 6.45) is 0. The van der Waals surface area contributed by atoms with Crippen LogP contribution in [0.4, 0.5) is 17.1 Å². The molecule has 2 N–H and O–H groups in total. The maximum absolute atomic E-state index is 11.6. The van der Waals surface area contributed by atoms with E-state index in [4.69, 9.17) is 17.0 Å². The summed E-state index contributed by atoms with van der Waals surface area (Å²) in [6, 6.07) is 12.7. The number of hydrogen-bond acceptors (Lipinski definition) is 5. The number of carbonyl (C=O) groups excluding carboxylic acids is 1. The summed E-state index contributed by atoms with van der Waals surface area (Å²) in [7, 11) is 0. The number of nitrogens with one attached hydrogen (secondary N) is 2. The zero-order valence-corrected chi connectivity index (χ0v) is 13.6. The van der Waals surface area contributed by atoms with Crippen molar-refractivity contribution >= 4 is 40.4 Å². The average molecular weight is 345 g/mol. The second-order valence-electron chi connectivity index (χ2n) is 4.65. The van der Waals surface area contributed by atoms with E-state index in [9.17, 15) is 14.9 Å². The molecule has 0 unspecified atom stereocenters. The van der Waals surface area contributed by atoms with Crippen molar-refractivity contribution in [1.29, 1.82) is 0 Å².